The van der Waals surface area contributed by atoms with Crippen LogP contribution < -0.4 is 10.6 Å². The van der Waals surface area contributed by atoms with Gasteiger partial charge in [-0.05, 0) is 35.6 Å². The molecule has 4 nitrogen and oxygen atoms in total. The van der Waals surface area contributed by atoms with E-state index in [9.17, 15) is 9.59 Å². The lowest BCUT2D eigenvalue weighted by atomic mass is 9.96. The summed E-state index contributed by atoms with van der Waals surface area (Å²) >= 11 is 0. The zero-order chi connectivity index (χ0) is 21.5. The van der Waals surface area contributed by atoms with E-state index < -0.39 is 6.04 Å². The highest BCUT2D eigenvalue weighted by atomic mass is 16.2. The summed E-state index contributed by atoms with van der Waals surface area (Å²) in [5, 5.41) is 6.08. The van der Waals surface area contributed by atoms with Crippen LogP contribution in [0.15, 0.2) is 84.9 Å². The molecular weight excluding hydrogens is 372 g/mol. The van der Waals surface area contributed by atoms with Crippen molar-refractivity contribution in [2.75, 3.05) is 0 Å². The van der Waals surface area contributed by atoms with Crippen molar-refractivity contribution in [1.82, 2.24) is 10.6 Å². The third kappa shape index (κ3) is 5.15. The SMILES string of the molecule is Cc1ccccc1C(=O)NC(C(=O)NC(c1ccccc1)c1ccccc1)C(C)C. The Bertz CT molecular complexity index is 945. The van der Waals surface area contributed by atoms with Gasteiger partial charge in [0.15, 0.2) is 0 Å². The minimum Gasteiger partial charge on any atom is -0.343 e. The Balaban J connectivity index is 1.83. The van der Waals surface area contributed by atoms with Crippen LogP contribution in [0.5, 0.6) is 0 Å². The summed E-state index contributed by atoms with van der Waals surface area (Å²) in [5.41, 5.74) is 3.44. The Morgan fingerprint density at radius 3 is 1.70 bits per heavy atom. The molecule has 0 radical (unpaired) electrons. The van der Waals surface area contributed by atoms with Crippen LogP contribution in [0.3, 0.4) is 0 Å². The lowest BCUT2D eigenvalue weighted by Gasteiger charge is -2.26. The number of aryl methyl sites for hydroxylation is 1. The summed E-state index contributed by atoms with van der Waals surface area (Å²) in [6.45, 7) is 5.75. The molecule has 1 atom stereocenters. The fourth-order valence-corrected chi connectivity index (χ4v) is 3.46. The van der Waals surface area contributed by atoms with Crippen molar-refractivity contribution < 1.29 is 9.59 Å². The Morgan fingerprint density at radius 1 is 0.700 bits per heavy atom. The van der Waals surface area contributed by atoms with E-state index in [0.29, 0.717) is 5.56 Å². The zero-order valence-corrected chi connectivity index (χ0v) is 17.6. The molecular formula is C26H28N2O2. The van der Waals surface area contributed by atoms with Crippen LogP contribution in [0.4, 0.5) is 0 Å². The van der Waals surface area contributed by atoms with Crippen LogP contribution in [-0.2, 0) is 4.79 Å². The highest BCUT2D eigenvalue weighted by molar-refractivity contribution is 5.98. The smallest absolute Gasteiger partial charge is 0.252 e. The molecule has 3 rings (SSSR count). The van der Waals surface area contributed by atoms with Gasteiger partial charge in [0.05, 0.1) is 6.04 Å². The fourth-order valence-electron chi connectivity index (χ4n) is 3.46. The van der Waals surface area contributed by atoms with Crippen LogP contribution in [0, 0.1) is 12.8 Å². The van der Waals surface area contributed by atoms with Crippen molar-refractivity contribution in [2.24, 2.45) is 5.92 Å². The molecule has 30 heavy (non-hydrogen) atoms. The molecule has 1 unspecified atom stereocenters. The predicted molar refractivity (Wildman–Crippen MR) is 120 cm³/mol. The van der Waals surface area contributed by atoms with E-state index >= 15 is 0 Å². The summed E-state index contributed by atoms with van der Waals surface area (Å²) < 4.78 is 0. The van der Waals surface area contributed by atoms with Crippen LogP contribution in [0.25, 0.3) is 0 Å². The summed E-state index contributed by atoms with van der Waals surface area (Å²) in [7, 11) is 0. The van der Waals surface area contributed by atoms with E-state index in [0.717, 1.165) is 16.7 Å². The summed E-state index contributed by atoms with van der Waals surface area (Å²) in [6.07, 6.45) is 0. The first-order chi connectivity index (χ1) is 14.5. The summed E-state index contributed by atoms with van der Waals surface area (Å²) in [6, 6.07) is 26.1. The molecule has 154 valence electrons. The Morgan fingerprint density at radius 2 is 1.20 bits per heavy atom. The standard InChI is InChI=1S/C26H28N2O2/c1-18(2)23(27-25(29)22-17-11-10-12-19(22)3)26(30)28-24(20-13-6-4-7-14-20)21-15-8-5-9-16-21/h4-18,23-24H,1-3H3,(H,27,29)(H,28,30). The number of amides is 2. The second-order valence-electron chi connectivity index (χ2n) is 7.77. The molecule has 0 bridgehead atoms. The van der Waals surface area contributed by atoms with Gasteiger partial charge in [-0.3, -0.25) is 9.59 Å². The van der Waals surface area contributed by atoms with Gasteiger partial charge in [-0.1, -0.05) is 92.7 Å². The highest BCUT2D eigenvalue weighted by Gasteiger charge is 2.28. The monoisotopic (exact) mass is 400 g/mol. The third-order valence-electron chi connectivity index (χ3n) is 5.18. The van der Waals surface area contributed by atoms with Crippen molar-refractivity contribution in [3.05, 3.63) is 107 Å². The molecule has 0 saturated carbocycles. The molecule has 0 aliphatic heterocycles. The largest absolute Gasteiger partial charge is 0.343 e. The van der Waals surface area contributed by atoms with E-state index in [1.807, 2.05) is 99.6 Å². The van der Waals surface area contributed by atoms with Gasteiger partial charge in [0.25, 0.3) is 5.91 Å². The molecule has 2 amide bonds. The van der Waals surface area contributed by atoms with Gasteiger partial charge in [0, 0.05) is 5.56 Å². The van der Waals surface area contributed by atoms with Gasteiger partial charge in [-0.2, -0.15) is 0 Å². The van der Waals surface area contributed by atoms with Gasteiger partial charge in [0.1, 0.15) is 6.04 Å². The number of carbonyl (C=O) groups is 2. The number of nitrogens with one attached hydrogen (secondary N) is 2. The summed E-state index contributed by atoms with van der Waals surface area (Å²) in [4.78, 5) is 26.1. The Hall–Kier alpha value is -3.40. The van der Waals surface area contributed by atoms with Gasteiger partial charge in [-0.15, -0.1) is 0 Å². The average molecular weight is 401 g/mol. The Labute approximate surface area is 178 Å². The first-order valence-electron chi connectivity index (χ1n) is 10.2. The van der Waals surface area contributed by atoms with Crippen LogP contribution in [0.1, 0.15) is 46.9 Å². The van der Waals surface area contributed by atoms with E-state index in [1.165, 1.54) is 0 Å². The van der Waals surface area contributed by atoms with E-state index in [-0.39, 0.29) is 23.8 Å². The molecule has 0 aliphatic rings. The fraction of sp³-hybridized carbons (Fsp3) is 0.231. The molecule has 0 heterocycles. The topological polar surface area (TPSA) is 58.2 Å². The minimum absolute atomic E-state index is 0.0647. The van der Waals surface area contributed by atoms with Gasteiger partial charge in [-0.25, -0.2) is 0 Å². The Kier molecular flexibility index (Phi) is 7.02. The molecule has 3 aromatic carbocycles. The minimum atomic E-state index is -0.646. The van der Waals surface area contributed by atoms with E-state index in [4.69, 9.17) is 0 Å². The number of hydrogen-bond acceptors (Lipinski definition) is 2. The second kappa shape index (κ2) is 9.88. The van der Waals surface area contributed by atoms with Gasteiger partial charge in [0.2, 0.25) is 5.91 Å². The van der Waals surface area contributed by atoms with E-state index in [2.05, 4.69) is 10.6 Å². The number of carbonyl (C=O) groups excluding carboxylic acids is 2. The van der Waals surface area contributed by atoms with Crippen LogP contribution >= 0.6 is 0 Å². The van der Waals surface area contributed by atoms with Crippen molar-refractivity contribution in [1.29, 1.82) is 0 Å². The lowest BCUT2D eigenvalue weighted by molar-refractivity contribution is -0.124. The van der Waals surface area contributed by atoms with Crippen molar-refractivity contribution >= 4 is 11.8 Å². The molecule has 0 spiro atoms. The maximum atomic E-state index is 13.3. The molecule has 2 N–H and O–H groups in total. The first-order valence-corrected chi connectivity index (χ1v) is 10.2. The molecule has 0 fully saturated rings. The maximum Gasteiger partial charge on any atom is 0.252 e. The van der Waals surface area contributed by atoms with Gasteiger partial charge < -0.3 is 10.6 Å². The number of hydrogen-bond donors (Lipinski definition) is 2. The third-order valence-corrected chi connectivity index (χ3v) is 5.18. The second-order valence-corrected chi connectivity index (χ2v) is 7.77. The molecule has 4 heteroatoms. The lowest BCUT2D eigenvalue weighted by Crippen LogP contribution is -2.50. The van der Waals surface area contributed by atoms with Crippen molar-refractivity contribution in [3.8, 4) is 0 Å². The predicted octanol–water partition coefficient (Wildman–Crippen LogP) is 4.66. The maximum absolute atomic E-state index is 13.3. The van der Waals surface area contributed by atoms with Gasteiger partial charge >= 0.3 is 0 Å². The first kappa shape index (κ1) is 21.3. The zero-order valence-electron chi connectivity index (χ0n) is 17.6. The molecule has 0 aromatic heterocycles. The quantitative estimate of drug-likeness (QED) is 0.606. The van der Waals surface area contributed by atoms with Crippen LogP contribution in [0.2, 0.25) is 0 Å². The number of rotatable bonds is 7. The summed E-state index contributed by atoms with van der Waals surface area (Å²) in [5.74, 6) is -0.507. The van der Waals surface area contributed by atoms with Crippen molar-refractivity contribution in [2.45, 2.75) is 32.9 Å². The average Bonchev–Trinajstić information content (AvgIpc) is 2.76. The van der Waals surface area contributed by atoms with E-state index in [1.54, 1.807) is 6.07 Å². The van der Waals surface area contributed by atoms with Crippen LogP contribution in [-0.4, -0.2) is 17.9 Å². The molecule has 3 aromatic rings. The van der Waals surface area contributed by atoms with Crippen molar-refractivity contribution in [3.63, 3.8) is 0 Å². The number of benzene rings is 3. The molecule has 0 aliphatic carbocycles. The molecule has 0 saturated heterocycles. The highest BCUT2D eigenvalue weighted by Crippen LogP contribution is 2.22. The normalized spacial score (nSPS) is 11.9.